The molecule has 14 heavy (non-hydrogen) atoms. The normalized spacial score (nSPS) is 11.0. The van der Waals surface area contributed by atoms with Crippen LogP contribution in [0.2, 0.25) is 0 Å². The fourth-order valence-corrected chi connectivity index (χ4v) is 2.65. The second-order valence-corrected chi connectivity index (χ2v) is 5.24. The molecule has 0 saturated heterocycles. The predicted octanol–water partition coefficient (Wildman–Crippen LogP) is 4.18. The molecule has 74 valence electrons. The first kappa shape index (κ1) is 10.1. The lowest BCUT2D eigenvalue weighted by molar-refractivity contribution is 1.38. The standard InChI is InChI=1S/C11H12BrNS/c1-2-14-7-8-6-13-11-9(8)4-3-5-10(11)12/h3-6,13H,2,7H2,1H3. The van der Waals surface area contributed by atoms with Gasteiger partial charge in [0.05, 0.1) is 5.52 Å². The molecule has 1 aromatic heterocycles. The van der Waals surface area contributed by atoms with Crippen LogP contribution in [0, 0.1) is 0 Å². The van der Waals surface area contributed by atoms with Crippen molar-refractivity contribution in [2.45, 2.75) is 12.7 Å². The van der Waals surface area contributed by atoms with Gasteiger partial charge in [0.1, 0.15) is 0 Å². The summed E-state index contributed by atoms with van der Waals surface area (Å²) in [5.74, 6) is 2.26. The van der Waals surface area contributed by atoms with Crippen molar-refractivity contribution >= 4 is 38.6 Å². The largest absolute Gasteiger partial charge is 0.360 e. The number of para-hydroxylation sites is 1. The summed E-state index contributed by atoms with van der Waals surface area (Å²) < 4.78 is 1.14. The fraction of sp³-hybridized carbons (Fsp3) is 0.273. The molecule has 0 saturated carbocycles. The lowest BCUT2D eigenvalue weighted by Crippen LogP contribution is -1.77. The second-order valence-electron chi connectivity index (χ2n) is 3.11. The Kier molecular flexibility index (Phi) is 3.19. The average Bonchev–Trinajstić information content (AvgIpc) is 2.60. The number of halogens is 1. The number of aromatic amines is 1. The topological polar surface area (TPSA) is 15.8 Å². The maximum Gasteiger partial charge on any atom is 0.0601 e. The molecule has 0 spiro atoms. The lowest BCUT2D eigenvalue weighted by atomic mass is 10.2. The van der Waals surface area contributed by atoms with E-state index in [0.717, 1.165) is 10.2 Å². The van der Waals surface area contributed by atoms with Gasteiger partial charge < -0.3 is 4.98 Å². The first-order chi connectivity index (χ1) is 6.83. The summed E-state index contributed by atoms with van der Waals surface area (Å²) in [7, 11) is 0. The quantitative estimate of drug-likeness (QED) is 0.884. The Morgan fingerprint density at radius 2 is 2.29 bits per heavy atom. The van der Waals surface area contributed by atoms with Gasteiger partial charge in [0, 0.05) is 21.8 Å². The number of hydrogen-bond acceptors (Lipinski definition) is 1. The first-order valence-corrected chi connectivity index (χ1v) is 6.60. The highest BCUT2D eigenvalue weighted by atomic mass is 79.9. The Bertz CT molecular complexity index is 436. The first-order valence-electron chi connectivity index (χ1n) is 4.65. The van der Waals surface area contributed by atoms with Crippen molar-refractivity contribution in [1.29, 1.82) is 0 Å². The maximum atomic E-state index is 3.54. The number of nitrogens with one attached hydrogen (secondary N) is 1. The van der Waals surface area contributed by atoms with Crippen molar-refractivity contribution in [3.05, 3.63) is 34.4 Å². The Balaban J connectivity index is 2.42. The van der Waals surface area contributed by atoms with Gasteiger partial charge >= 0.3 is 0 Å². The van der Waals surface area contributed by atoms with Crippen LogP contribution in [0.1, 0.15) is 12.5 Å². The van der Waals surface area contributed by atoms with Gasteiger partial charge in [-0.3, -0.25) is 0 Å². The van der Waals surface area contributed by atoms with E-state index in [4.69, 9.17) is 0 Å². The van der Waals surface area contributed by atoms with Crippen LogP contribution < -0.4 is 0 Å². The number of thioether (sulfide) groups is 1. The third kappa shape index (κ3) is 1.84. The summed E-state index contributed by atoms with van der Waals surface area (Å²) in [6.45, 7) is 2.19. The smallest absolute Gasteiger partial charge is 0.0601 e. The van der Waals surface area contributed by atoms with Gasteiger partial charge in [0.2, 0.25) is 0 Å². The lowest BCUT2D eigenvalue weighted by Gasteiger charge is -1.97. The maximum absolute atomic E-state index is 3.54. The minimum Gasteiger partial charge on any atom is -0.360 e. The minimum atomic E-state index is 1.09. The minimum absolute atomic E-state index is 1.09. The third-order valence-electron chi connectivity index (χ3n) is 2.21. The average molecular weight is 270 g/mol. The van der Waals surface area contributed by atoms with Crippen LogP contribution in [0.25, 0.3) is 10.9 Å². The number of hydrogen-bond donors (Lipinski definition) is 1. The van der Waals surface area contributed by atoms with E-state index in [0.29, 0.717) is 0 Å². The molecular formula is C11H12BrNS. The molecule has 1 aromatic carbocycles. The van der Waals surface area contributed by atoms with Gasteiger partial charge in [-0.15, -0.1) is 0 Å². The van der Waals surface area contributed by atoms with Crippen molar-refractivity contribution in [2.75, 3.05) is 5.75 Å². The highest BCUT2D eigenvalue weighted by molar-refractivity contribution is 9.10. The van der Waals surface area contributed by atoms with Crippen LogP contribution in [0.15, 0.2) is 28.9 Å². The monoisotopic (exact) mass is 269 g/mol. The van der Waals surface area contributed by atoms with E-state index in [1.54, 1.807) is 0 Å². The summed E-state index contributed by atoms with van der Waals surface area (Å²) in [5, 5.41) is 1.33. The zero-order valence-corrected chi connectivity index (χ0v) is 10.4. The number of benzene rings is 1. The molecule has 0 aliphatic carbocycles. The van der Waals surface area contributed by atoms with Crippen molar-refractivity contribution in [3.63, 3.8) is 0 Å². The van der Waals surface area contributed by atoms with E-state index in [9.17, 15) is 0 Å². The molecule has 0 atom stereocenters. The van der Waals surface area contributed by atoms with Gasteiger partial charge in [-0.2, -0.15) is 11.8 Å². The zero-order valence-electron chi connectivity index (χ0n) is 8.01. The molecule has 2 aromatic rings. The number of fused-ring (bicyclic) bond motifs is 1. The summed E-state index contributed by atoms with van der Waals surface area (Å²) in [4.78, 5) is 3.31. The van der Waals surface area contributed by atoms with Crippen LogP contribution in [0.4, 0.5) is 0 Å². The number of H-pyrrole nitrogens is 1. The molecule has 0 radical (unpaired) electrons. The highest BCUT2D eigenvalue weighted by Crippen LogP contribution is 2.27. The molecular weight excluding hydrogens is 258 g/mol. The molecule has 1 nitrogen and oxygen atoms in total. The number of rotatable bonds is 3. The molecule has 0 bridgehead atoms. The van der Waals surface area contributed by atoms with E-state index >= 15 is 0 Å². The second kappa shape index (κ2) is 4.41. The molecule has 0 fully saturated rings. The SMILES string of the molecule is CCSCc1c[nH]c2c(Br)cccc12. The van der Waals surface area contributed by atoms with Gasteiger partial charge in [-0.05, 0) is 33.3 Å². The van der Waals surface area contributed by atoms with Gasteiger partial charge in [0.25, 0.3) is 0 Å². The summed E-state index contributed by atoms with van der Waals surface area (Å²) >= 11 is 5.49. The molecule has 0 unspecified atom stereocenters. The molecule has 3 heteroatoms. The van der Waals surface area contributed by atoms with E-state index in [1.807, 2.05) is 11.8 Å². The van der Waals surface area contributed by atoms with Crippen LogP contribution in [-0.2, 0) is 5.75 Å². The van der Waals surface area contributed by atoms with E-state index in [1.165, 1.54) is 22.2 Å². The van der Waals surface area contributed by atoms with Gasteiger partial charge in [0.15, 0.2) is 0 Å². The fourth-order valence-electron chi connectivity index (χ4n) is 1.51. The molecule has 1 heterocycles. The van der Waals surface area contributed by atoms with Crippen LogP contribution in [-0.4, -0.2) is 10.7 Å². The molecule has 0 aliphatic heterocycles. The van der Waals surface area contributed by atoms with Crippen LogP contribution in [0.3, 0.4) is 0 Å². The highest BCUT2D eigenvalue weighted by Gasteiger charge is 2.04. The number of aromatic nitrogens is 1. The zero-order chi connectivity index (χ0) is 9.97. The summed E-state index contributed by atoms with van der Waals surface area (Å²) in [5.41, 5.74) is 2.60. The van der Waals surface area contributed by atoms with Crippen molar-refractivity contribution in [1.82, 2.24) is 4.98 Å². The van der Waals surface area contributed by atoms with Gasteiger partial charge in [-0.1, -0.05) is 19.1 Å². The molecule has 0 amide bonds. The van der Waals surface area contributed by atoms with Crippen LogP contribution in [0.5, 0.6) is 0 Å². The van der Waals surface area contributed by atoms with E-state index < -0.39 is 0 Å². The van der Waals surface area contributed by atoms with Crippen LogP contribution >= 0.6 is 27.7 Å². The summed E-state index contributed by atoms with van der Waals surface area (Å²) in [6, 6.07) is 6.32. The van der Waals surface area contributed by atoms with Crippen molar-refractivity contribution in [3.8, 4) is 0 Å². The Morgan fingerprint density at radius 1 is 1.43 bits per heavy atom. The van der Waals surface area contributed by atoms with Gasteiger partial charge in [-0.25, -0.2) is 0 Å². The Morgan fingerprint density at radius 3 is 3.07 bits per heavy atom. The predicted molar refractivity (Wildman–Crippen MR) is 67.8 cm³/mol. The summed E-state index contributed by atoms with van der Waals surface area (Å²) in [6.07, 6.45) is 2.11. The molecule has 1 N–H and O–H groups in total. The Labute approximate surface area is 96.4 Å². The molecule has 0 aliphatic rings. The van der Waals surface area contributed by atoms with E-state index in [2.05, 4.69) is 52.2 Å². The Hall–Kier alpha value is -0.410. The van der Waals surface area contributed by atoms with Crippen molar-refractivity contribution < 1.29 is 0 Å². The van der Waals surface area contributed by atoms with E-state index in [-0.39, 0.29) is 0 Å². The molecule has 2 rings (SSSR count). The van der Waals surface area contributed by atoms with Crippen molar-refractivity contribution in [2.24, 2.45) is 0 Å². The third-order valence-corrected chi connectivity index (χ3v) is 3.80.